The molecule has 6 nitrogen and oxygen atoms in total. The SMILES string of the molecule is NNc1c(CO)cccc1[N+](=O)[O-]. The maximum Gasteiger partial charge on any atom is 0.294 e. The molecule has 0 heterocycles. The van der Waals surface area contributed by atoms with Crippen LogP contribution in [0.5, 0.6) is 0 Å². The molecule has 0 fully saturated rings. The molecule has 70 valence electrons. The van der Waals surface area contributed by atoms with E-state index >= 15 is 0 Å². The summed E-state index contributed by atoms with van der Waals surface area (Å²) in [5.41, 5.74) is 2.60. The predicted octanol–water partition coefficient (Wildman–Crippen LogP) is 0.373. The first-order valence-corrected chi connectivity index (χ1v) is 3.54. The number of hydrogen-bond donors (Lipinski definition) is 3. The lowest BCUT2D eigenvalue weighted by Gasteiger charge is -2.05. The molecule has 0 atom stereocenters. The van der Waals surface area contributed by atoms with Gasteiger partial charge in [0, 0.05) is 11.6 Å². The van der Waals surface area contributed by atoms with Crippen molar-refractivity contribution in [2.45, 2.75) is 6.61 Å². The number of nitrogen functional groups attached to an aromatic ring is 1. The van der Waals surface area contributed by atoms with Gasteiger partial charge in [-0.3, -0.25) is 16.0 Å². The van der Waals surface area contributed by atoms with Crippen LogP contribution in [0, 0.1) is 10.1 Å². The summed E-state index contributed by atoms with van der Waals surface area (Å²) in [5.74, 6) is 5.10. The molecule has 1 aromatic carbocycles. The number of hydrazine groups is 1. The van der Waals surface area contributed by atoms with E-state index in [1.807, 2.05) is 0 Å². The summed E-state index contributed by atoms with van der Waals surface area (Å²) >= 11 is 0. The highest BCUT2D eigenvalue weighted by molar-refractivity contribution is 5.65. The highest BCUT2D eigenvalue weighted by atomic mass is 16.6. The Morgan fingerprint density at radius 3 is 2.77 bits per heavy atom. The van der Waals surface area contributed by atoms with Gasteiger partial charge in [0.2, 0.25) is 0 Å². The van der Waals surface area contributed by atoms with Crippen molar-refractivity contribution in [2.75, 3.05) is 5.43 Å². The molecule has 4 N–H and O–H groups in total. The molecule has 0 aliphatic heterocycles. The number of anilines is 1. The van der Waals surface area contributed by atoms with Crippen LogP contribution in [0.4, 0.5) is 11.4 Å². The maximum absolute atomic E-state index is 10.5. The third-order valence-corrected chi connectivity index (χ3v) is 1.64. The summed E-state index contributed by atoms with van der Waals surface area (Å²) in [4.78, 5) is 9.92. The molecular formula is C7H9N3O3. The van der Waals surface area contributed by atoms with Gasteiger partial charge in [0.05, 0.1) is 11.5 Å². The van der Waals surface area contributed by atoms with E-state index in [0.29, 0.717) is 5.56 Å². The van der Waals surface area contributed by atoms with E-state index in [0.717, 1.165) is 0 Å². The minimum atomic E-state index is -0.561. The number of nitro benzene ring substituents is 1. The Balaban J connectivity index is 3.27. The molecule has 0 aliphatic carbocycles. The minimum Gasteiger partial charge on any atom is -0.392 e. The normalized spacial score (nSPS) is 9.69. The Labute approximate surface area is 74.1 Å². The summed E-state index contributed by atoms with van der Waals surface area (Å²) in [5, 5.41) is 19.3. The van der Waals surface area contributed by atoms with Crippen molar-refractivity contribution in [1.29, 1.82) is 0 Å². The van der Waals surface area contributed by atoms with Crippen LogP contribution in [0.1, 0.15) is 5.56 Å². The summed E-state index contributed by atoms with van der Waals surface area (Å²) < 4.78 is 0. The fourth-order valence-corrected chi connectivity index (χ4v) is 1.04. The van der Waals surface area contributed by atoms with E-state index in [1.165, 1.54) is 12.1 Å². The van der Waals surface area contributed by atoms with Crippen LogP contribution < -0.4 is 11.3 Å². The molecule has 0 saturated heterocycles. The summed E-state index contributed by atoms with van der Waals surface area (Å²) in [6.45, 7) is -0.290. The predicted molar refractivity (Wildman–Crippen MR) is 46.8 cm³/mol. The van der Waals surface area contributed by atoms with Gasteiger partial charge >= 0.3 is 0 Å². The summed E-state index contributed by atoms with van der Waals surface area (Å²) in [6.07, 6.45) is 0. The molecule has 0 aliphatic rings. The first-order valence-electron chi connectivity index (χ1n) is 3.54. The fraction of sp³-hybridized carbons (Fsp3) is 0.143. The van der Waals surface area contributed by atoms with Gasteiger partial charge in [0.15, 0.2) is 0 Å². The molecule has 0 unspecified atom stereocenters. The Kier molecular flexibility index (Phi) is 2.78. The largest absolute Gasteiger partial charge is 0.392 e. The zero-order chi connectivity index (χ0) is 9.84. The first kappa shape index (κ1) is 9.43. The molecule has 13 heavy (non-hydrogen) atoms. The monoisotopic (exact) mass is 183 g/mol. The summed E-state index contributed by atoms with van der Waals surface area (Å²) in [6, 6.07) is 4.36. The third kappa shape index (κ3) is 1.74. The maximum atomic E-state index is 10.5. The fourth-order valence-electron chi connectivity index (χ4n) is 1.04. The second-order valence-corrected chi connectivity index (χ2v) is 2.37. The van der Waals surface area contributed by atoms with Gasteiger partial charge in [-0.05, 0) is 0 Å². The van der Waals surface area contributed by atoms with Crippen molar-refractivity contribution >= 4 is 11.4 Å². The number of benzene rings is 1. The van der Waals surface area contributed by atoms with Crippen LogP contribution in [0.2, 0.25) is 0 Å². The van der Waals surface area contributed by atoms with Crippen molar-refractivity contribution in [3.8, 4) is 0 Å². The summed E-state index contributed by atoms with van der Waals surface area (Å²) in [7, 11) is 0. The van der Waals surface area contributed by atoms with Gasteiger partial charge in [0.25, 0.3) is 5.69 Å². The standard InChI is InChI=1S/C7H9N3O3/c8-9-7-5(4-11)2-1-3-6(7)10(12)13/h1-3,9,11H,4,8H2. The molecular weight excluding hydrogens is 174 g/mol. The molecule has 0 saturated carbocycles. The molecule has 0 bridgehead atoms. The highest BCUT2D eigenvalue weighted by Crippen LogP contribution is 2.26. The smallest absolute Gasteiger partial charge is 0.294 e. The third-order valence-electron chi connectivity index (χ3n) is 1.64. The number of nitrogens with two attached hydrogens (primary N) is 1. The van der Waals surface area contributed by atoms with E-state index in [4.69, 9.17) is 10.9 Å². The van der Waals surface area contributed by atoms with E-state index in [9.17, 15) is 10.1 Å². The van der Waals surface area contributed by atoms with Crippen LogP contribution in [0.15, 0.2) is 18.2 Å². The zero-order valence-electron chi connectivity index (χ0n) is 6.73. The number of para-hydroxylation sites is 1. The molecule has 6 heteroatoms. The van der Waals surface area contributed by atoms with Crippen LogP contribution in [-0.4, -0.2) is 10.0 Å². The Hall–Kier alpha value is -1.66. The first-order chi connectivity index (χ1) is 6.20. The molecule has 0 aromatic heterocycles. The number of nitrogens with one attached hydrogen (secondary N) is 1. The van der Waals surface area contributed by atoms with E-state index in [-0.39, 0.29) is 18.0 Å². The second kappa shape index (κ2) is 3.83. The molecule has 1 aromatic rings. The number of aliphatic hydroxyl groups excluding tert-OH is 1. The highest BCUT2D eigenvalue weighted by Gasteiger charge is 2.15. The van der Waals surface area contributed by atoms with E-state index in [2.05, 4.69) is 5.43 Å². The average molecular weight is 183 g/mol. The zero-order valence-corrected chi connectivity index (χ0v) is 6.73. The van der Waals surface area contributed by atoms with Gasteiger partial charge < -0.3 is 10.5 Å². The average Bonchev–Trinajstić information content (AvgIpc) is 2.16. The van der Waals surface area contributed by atoms with E-state index < -0.39 is 4.92 Å². The Bertz CT molecular complexity index is 327. The Morgan fingerprint density at radius 2 is 2.31 bits per heavy atom. The number of hydrogen-bond acceptors (Lipinski definition) is 5. The van der Waals surface area contributed by atoms with Crippen molar-refractivity contribution in [2.24, 2.45) is 5.84 Å². The molecule has 0 radical (unpaired) electrons. The van der Waals surface area contributed by atoms with Gasteiger partial charge in [-0.15, -0.1) is 0 Å². The van der Waals surface area contributed by atoms with Crippen molar-refractivity contribution in [3.05, 3.63) is 33.9 Å². The second-order valence-electron chi connectivity index (χ2n) is 2.37. The Morgan fingerprint density at radius 1 is 1.62 bits per heavy atom. The van der Waals surface area contributed by atoms with Crippen LogP contribution in [0.25, 0.3) is 0 Å². The number of rotatable bonds is 3. The number of aliphatic hydroxyl groups is 1. The van der Waals surface area contributed by atoms with Crippen LogP contribution in [-0.2, 0) is 6.61 Å². The topological polar surface area (TPSA) is 101 Å². The molecule has 1 rings (SSSR count). The van der Waals surface area contributed by atoms with Crippen LogP contribution >= 0.6 is 0 Å². The van der Waals surface area contributed by atoms with Gasteiger partial charge in [-0.1, -0.05) is 12.1 Å². The van der Waals surface area contributed by atoms with Crippen molar-refractivity contribution in [1.82, 2.24) is 0 Å². The lowest BCUT2D eigenvalue weighted by atomic mass is 10.1. The van der Waals surface area contributed by atoms with Gasteiger partial charge in [-0.2, -0.15) is 0 Å². The quantitative estimate of drug-likeness (QED) is 0.357. The number of nitro groups is 1. The van der Waals surface area contributed by atoms with Gasteiger partial charge in [0.1, 0.15) is 5.69 Å². The lowest BCUT2D eigenvalue weighted by molar-refractivity contribution is -0.384. The van der Waals surface area contributed by atoms with Crippen molar-refractivity contribution < 1.29 is 10.0 Å². The minimum absolute atomic E-state index is 0.144. The lowest BCUT2D eigenvalue weighted by Crippen LogP contribution is -2.11. The van der Waals surface area contributed by atoms with Crippen molar-refractivity contribution in [3.63, 3.8) is 0 Å². The molecule has 0 spiro atoms. The van der Waals surface area contributed by atoms with E-state index in [1.54, 1.807) is 6.07 Å². The molecule has 0 amide bonds. The number of nitrogens with zero attached hydrogens (tertiary/aromatic N) is 1. The van der Waals surface area contributed by atoms with Gasteiger partial charge in [-0.25, -0.2) is 0 Å². The van der Waals surface area contributed by atoms with Crippen LogP contribution in [0.3, 0.4) is 0 Å².